The van der Waals surface area contributed by atoms with E-state index < -0.39 is 11.5 Å². The van der Waals surface area contributed by atoms with E-state index in [2.05, 4.69) is 6.58 Å². The second-order valence-corrected chi connectivity index (χ2v) is 4.61. The first kappa shape index (κ1) is 14.7. The first-order chi connectivity index (χ1) is 8.51. The van der Waals surface area contributed by atoms with Gasteiger partial charge in [0.2, 0.25) is 0 Å². The molecule has 0 fully saturated rings. The van der Waals surface area contributed by atoms with Crippen LogP contribution in [-0.4, -0.2) is 18.1 Å². The average Bonchev–Trinajstić information content (AvgIpc) is 2.33. The fourth-order valence-corrected chi connectivity index (χ4v) is 1.85. The van der Waals surface area contributed by atoms with Crippen LogP contribution in [0.15, 0.2) is 36.9 Å². The third kappa shape index (κ3) is 3.86. The lowest BCUT2D eigenvalue weighted by Gasteiger charge is -2.25. The molecule has 0 saturated carbocycles. The Labute approximate surface area is 113 Å². The molecule has 0 aliphatic rings. The average molecular weight is 268 g/mol. The normalized spacial score (nSPS) is 13.7. The molecular formula is C14H18ClNO2. The Kier molecular flexibility index (Phi) is 5.38. The van der Waals surface area contributed by atoms with Gasteiger partial charge in [0.05, 0.1) is 6.61 Å². The highest BCUT2D eigenvalue weighted by atomic mass is 35.5. The van der Waals surface area contributed by atoms with Gasteiger partial charge in [-0.1, -0.05) is 29.8 Å². The number of esters is 1. The molecule has 4 heteroatoms. The van der Waals surface area contributed by atoms with Crippen molar-refractivity contribution in [3.63, 3.8) is 0 Å². The van der Waals surface area contributed by atoms with Crippen LogP contribution in [0.4, 0.5) is 0 Å². The zero-order chi connectivity index (χ0) is 13.6. The van der Waals surface area contributed by atoms with E-state index in [0.29, 0.717) is 24.5 Å². The highest BCUT2D eigenvalue weighted by Gasteiger charge is 2.34. The highest BCUT2D eigenvalue weighted by Crippen LogP contribution is 2.19. The topological polar surface area (TPSA) is 52.3 Å². The summed E-state index contributed by atoms with van der Waals surface area (Å²) in [6.45, 7) is 5.71. The summed E-state index contributed by atoms with van der Waals surface area (Å²) >= 11 is 5.82. The van der Waals surface area contributed by atoms with Crippen molar-refractivity contribution in [1.82, 2.24) is 0 Å². The van der Waals surface area contributed by atoms with E-state index in [9.17, 15) is 4.79 Å². The van der Waals surface area contributed by atoms with Gasteiger partial charge in [-0.05, 0) is 31.0 Å². The van der Waals surface area contributed by atoms with Crippen molar-refractivity contribution >= 4 is 17.6 Å². The molecule has 1 aromatic rings. The molecule has 0 spiro atoms. The summed E-state index contributed by atoms with van der Waals surface area (Å²) in [5.74, 6) is -0.403. The van der Waals surface area contributed by atoms with Crippen LogP contribution in [-0.2, 0) is 16.0 Å². The third-order valence-electron chi connectivity index (χ3n) is 2.62. The maximum absolute atomic E-state index is 11.9. The minimum Gasteiger partial charge on any atom is -0.465 e. The van der Waals surface area contributed by atoms with Gasteiger partial charge in [-0.15, -0.1) is 6.58 Å². The van der Waals surface area contributed by atoms with E-state index in [1.165, 1.54) is 0 Å². The standard InChI is InChI=1S/C14H18ClNO2/c1-3-9-14(16,13(17)18-4-2)10-11-5-7-12(15)8-6-11/h3,5-8H,1,4,9-10,16H2,2H3. The molecule has 98 valence electrons. The molecule has 18 heavy (non-hydrogen) atoms. The van der Waals surface area contributed by atoms with Crippen molar-refractivity contribution in [3.05, 3.63) is 47.5 Å². The number of nitrogens with two attached hydrogens (primary N) is 1. The second kappa shape index (κ2) is 6.57. The third-order valence-corrected chi connectivity index (χ3v) is 2.88. The Morgan fingerprint density at radius 1 is 1.50 bits per heavy atom. The highest BCUT2D eigenvalue weighted by molar-refractivity contribution is 6.30. The van der Waals surface area contributed by atoms with Crippen molar-refractivity contribution < 1.29 is 9.53 Å². The van der Waals surface area contributed by atoms with Gasteiger partial charge >= 0.3 is 5.97 Å². The second-order valence-electron chi connectivity index (χ2n) is 4.17. The van der Waals surface area contributed by atoms with Crippen LogP contribution in [0.5, 0.6) is 0 Å². The van der Waals surface area contributed by atoms with Gasteiger partial charge in [0.25, 0.3) is 0 Å². The van der Waals surface area contributed by atoms with E-state index >= 15 is 0 Å². The van der Waals surface area contributed by atoms with Crippen molar-refractivity contribution in [2.75, 3.05) is 6.61 Å². The Bertz CT molecular complexity index is 416. The molecular weight excluding hydrogens is 250 g/mol. The molecule has 0 aliphatic carbocycles. The number of halogens is 1. The minimum atomic E-state index is -1.06. The molecule has 1 rings (SSSR count). The zero-order valence-corrected chi connectivity index (χ0v) is 11.2. The Morgan fingerprint density at radius 3 is 2.61 bits per heavy atom. The molecule has 3 nitrogen and oxygen atoms in total. The Balaban J connectivity index is 2.87. The molecule has 0 heterocycles. The van der Waals surface area contributed by atoms with E-state index in [0.717, 1.165) is 5.56 Å². The first-order valence-corrected chi connectivity index (χ1v) is 6.21. The van der Waals surface area contributed by atoms with Crippen molar-refractivity contribution in [1.29, 1.82) is 0 Å². The van der Waals surface area contributed by atoms with Crippen LogP contribution < -0.4 is 5.73 Å². The number of rotatable bonds is 6. The molecule has 1 unspecified atom stereocenters. The number of hydrogen-bond donors (Lipinski definition) is 1. The number of carbonyl (C=O) groups is 1. The molecule has 0 saturated heterocycles. The summed E-state index contributed by atoms with van der Waals surface area (Å²) in [4.78, 5) is 11.9. The van der Waals surface area contributed by atoms with Crippen LogP contribution >= 0.6 is 11.6 Å². The summed E-state index contributed by atoms with van der Waals surface area (Å²) in [6, 6.07) is 7.26. The molecule has 2 N–H and O–H groups in total. The van der Waals surface area contributed by atoms with Crippen LogP contribution in [0.1, 0.15) is 18.9 Å². The lowest BCUT2D eigenvalue weighted by atomic mass is 9.88. The molecule has 1 atom stereocenters. The maximum atomic E-state index is 11.9. The number of carbonyl (C=O) groups excluding carboxylic acids is 1. The summed E-state index contributed by atoms with van der Waals surface area (Å²) in [7, 11) is 0. The van der Waals surface area contributed by atoms with Crippen LogP contribution in [0.3, 0.4) is 0 Å². The summed E-state index contributed by atoms with van der Waals surface area (Å²) in [6.07, 6.45) is 2.40. The summed E-state index contributed by atoms with van der Waals surface area (Å²) in [5, 5.41) is 0.654. The predicted molar refractivity (Wildman–Crippen MR) is 73.5 cm³/mol. The SMILES string of the molecule is C=CCC(N)(Cc1ccc(Cl)cc1)C(=O)OCC. The molecule has 0 aliphatic heterocycles. The Hall–Kier alpha value is -1.32. The fourth-order valence-electron chi connectivity index (χ4n) is 1.73. The first-order valence-electron chi connectivity index (χ1n) is 5.83. The monoisotopic (exact) mass is 267 g/mol. The van der Waals surface area contributed by atoms with Crippen LogP contribution in [0.2, 0.25) is 5.02 Å². The lowest BCUT2D eigenvalue weighted by molar-refractivity contribution is -0.149. The van der Waals surface area contributed by atoms with Gasteiger partial charge in [-0.3, -0.25) is 4.79 Å². The predicted octanol–water partition coefficient (Wildman–Crippen LogP) is 2.72. The van der Waals surface area contributed by atoms with E-state index in [1.54, 1.807) is 25.1 Å². The number of benzene rings is 1. The van der Waals surface area contributed by atoms with Crippen LogP contribution in [0.25, 0.3) is 0 Å². The van der Waals surface area contributed by atoms with E-state index in [4.69, 9.17) is 22.1 Å². The molecule has 0 amide bonds. The van der Waals surface area contributed by atoms with E-state index in [-0.39, 0.29) is 0 Å². The van der Waals surface area contributed by atoms with Gasteiger partial charge in [-0.25, -0.2) is 0 Å². The van der Waals surface area contributed by atoms with Crippen molar-refractivity contribution in [2.45, 2.75) is 25.3 Å². The van der Waals surface area contributed by atoms with Crippen molar-refractivity contribution in [3.8, 4) is 0 Å². The zero-order valence-electron chi connectivity index (χ0n) is 10.5. The van der Waals surface area contributed by atoms with Gasteiger partial charge in [0.1, 0.15) is 5.54 Å². The van der Waals surface area contributed by atoms with Crippen LogP contribution in [0, 0.1) is 0 Å². The van der Waals surface area contributed by atoms with Crippen molar-refractivity contribution in [2.24, 2.45) is 5.73 Å². The smallest absolute Gasteiger partial charge is 0.326 e. The molecule has 0 aromatic heterocycles. The van der Waals surface area contributed by atoms with Gasteiger partial charge < -0.3 is 10.5 Å². The summed E-state index contributed by atoms with van der Waals surface area (Å²) in [5.41, 5.74) is 6.01. The Morgan fingerprint density at radius 2 is 2.11 bits per heavy atom. The number of ether oxygens (including phenoxy) is 1. The quantitative estimate of drug-likeness (QED) is 0.637. The van der Waals surface area contributed by atoms with Gasteiger partial charge in [0, 0.05) is 11.4 Å². The molecule has 1 aromatic carbocycles. The maximum Gasteiger partial charge on any atom is 0.326 e. The van der Waals surface area contributed by atoms with Gasteiger partial charge in [0.15, 0.2) is 0 Å². The molecule has 0 bridgehead atoms. The largest absolute Gasteiger partial charge is 0.465 e. The minimum absolute atomic E-state index is 0.315. The van der Waals surface area contributed by atoms with Gasteiger partial charge in [-0.2, -0.15) is 0 Å². The summed E-state index contributed by atoms with van der Waals surface area (Å²) < 4.78 is 5.02. The fraction of sp³-hybridized carbons (Fsp3) is 0.357. The lowest BCUT2D eigenvalue weighted by Crippen LogP contribution is -2.50. The van der Waals surface area contributed by atoms with E-state index in [1.807, 2.05) is 12.1 Å². The molecule has 0 radical (unpaired) electrons. The number of hydrogen-bond acceptors (Lipinski definition) is 3.